The molecule has 1 atom stereocenters. The summed E-state index contributed by atoms with van der Waals surface area (Å²) in [5.74, 6) is 0.741. The van der Waals surface area contributed by atoms with E-state index in [-0.39, 0.29) is 12.2 Å². The quantitative estimate of drug-likeness (QED) is 0.0380. The predicted molar refractivity (Wildman–Crippen MR) is 223 cm³/mol. The van der Waals surface area contributed by atoms with E-state index in [1.165, 1.54) is 0 Å². The number of alkyl halides is 2. The summed E-state index contributed by atoms with van der Waals surface area (Å²) >= 11 is 6.36. The minimum atomic E-state index is -4.67. The van der Waals surface area contributed by atoms with Crippen LogP contribution in [0.1, 0.15) is 28.8 Å². The minimum absolute atomic E-state index is 0.0400. The lowest BCUT2D eigenvalue weighted by Crippen LogP contribution is -2.04. The van der Waals surface area contributed by atoms with E-state index in [0.29, 0.717) is 33.5 Å². The molecule has 0 saturated carbocycles. The van der Waals surface area contributed by atoms with E-state index < -0.39 is 38.8 Å². The van der Waals surface area contributed by atoms with Crippen molar-refractivity contribution < 1.29 is 75.5 Å². The minimum Gasteiger partial charge on any atom is -0.507 e. The van der Waals surface area contributed by atoms with Crippen molar-refractivity contribution >= 4 is 104 Å². The van der Waals surface area contributed by atoms with Crippen LogP contribution in [0.5, 0.6) is 5.75 Å². The van der Waals surface area contributed by atoms with Crippen LogP contribution in [0, 0.1) is 0 Å². The van der Waals surface area contributed by atoms with Crippen molar-refractivity contribution in [3.05, 3.63) is 131 Å². The van der Waals surface area contributed by atoms with Crippen LogP contribution in [-0.4, -0.2) is 76.5 Å². The Morgan fingerprint density at radius 3 is 1.52 bits per heavy atom. The Morgan fingerprint density at radius 2 is 1.07 bits per heavy atom. The first kappa shape index (κ1) is 50.6. The van der Waals surface area contributed by atoms with E-state index in [9.17, 15) is 19.5 Å². The number of nitrogens with two attached hydrogens (primary N) is 1. The predicted octanol–water partition coefficient (Wildman–Crippen LogP) is 6.80. The number of rotatable bonds is 5. The third kappa shape index (κ3) is 17.3. The fourth-order valence-corrected chi connectivity index (χ4v) is 5.28. The van der Waals surface area contributed by atoms with Gasteiger partial charge < -0.3 is 43.6 Å². The van der Waals surface area contributed by atoms with Crippen molar-refractivity contribution in [1.29, 1.82) is 0 Å². The Morgan fingerprint density at radius 1 is 0.689 bits per heavy atom. The van der Waals surface area contributed by atoms with Gasteiger partial charge in [-0.05, 0) is 48.5 Å². The molecule has 0 amide bonds. The van der Waals surface area contributed by atoms with Crippen LogP contribution in [0.3, 0.4) is 0 Å². The SMILES string of the molecule is BrCc1noc2ccccc12.CC(=O)O.NO.O=C(O)C(Br)c1noc2ccccc12.O=C(O)Cc1noc2ccccc12.O=S(=O)(O)O.O=c1cc(O)c2ccccc2o1. The van der Waals surface area contributed by atoms with Crippen LogP contribution in [0.2, 0.25) is 0 Å². The molecule has 1 unspecified atom stereocenters. The Labute approximate surface area is 359 Å². The Kier molecular flexibility index (Phi) is 20.9. The molecule has 0 aliphatic rings. The second-order valence-corrected chi connectivity index (χ2v) is 13.5. The normalized spacial score (nSPS) is 10.6. The van der Waals surface area contributed by atoms with E-state index in [1.807, 2.05) is 42.5 Å². The van der Waals surface area contributed by atoms with Crippen molar-refractivity contribution in [3.63, 3.8) is 0 Å². The highest BCUT2D eigenvalue weighted by molar-refractivity contribution is 9.09. The zero-order valence-corrected chi connectivity index (χ0v) is 35.1. The molecule has 24 heteroatoms. The number of aliphatic carboxylic acids is 3. The molecule has 324 valence electrons. The Balaban J connectivity index is 0.000000260. The van der Waals surface area contributed by atoms with Gasteiger partial charge in [0.25, 0.3) is 5.97 Å². The standard InChI is InChI=1S/C9H6BrNO3.C9H7NO3.C9H6O3.C8H6BrNO.C2H4O2.H3NO.H2O4S/c10-7(9(12)13)8-5-3-1-2-4-6(5)14-11-8;11-9(12)5-7-6-3-1-2-4-8(6)13-10-7;10-7-5-9(11)12-8-4-2-1-3-6(7)8;9-5-7-6-3-1-2-4-8(6)11-10-7;1-2(3)4;1-2;1-5(2,3)4/h1-4,7H,(H,12,13);1-4H,5H2,(H,11,12);1-5,10H;1-4H,5H2;1H3,(H,3,4);2H,1H2;(H2,1,2,3,4). The fraction of sp³-hybridized carbons (Fsp3) is 0.108. The lowest BCUT2D eigenvalue weighted by Gasteiger charge is -1.98. The molecule has 0 aliphatic heterocycles. The smallest absolute Gasteiger partial charge is 0.394 e. The van der Waals surface area contributed by atoms with Gasteiger partial charge >= 0.3 is 28.0 Å². The second kappa shape index (κ2) is 25.2. The van der Waals surface area contributed by atoms with Crippen molar-refractivity contribution in [2.45, 2.75) is 23.5 Å². The van der Waals surface area contributed by atoms with E-state index in [4.69, 9.17) is 60.8 Å². The second-order valence-electron chi connectivity index (χ2n) is 11.1. The molecular weight excluding hydrogens is 964 g/mol. The summed E-state index contributed by atoms with van der Waals surface area (Å²) in [7, 11) is -4.67. The summed E-state index contributed by atoms with van der Waals surface area (Å²) in [5, 5.41) is 55.7. The highest BCUT2D eigenvalue weighted by Gasteiger charge is 2.22. The molecular formula is C37H34Br2N4O17S. The molecule has 61 heavy (non-hydrogen) atoms. The third-order valence-electron chi connectivity index (χ3n) is 6.84. The maximum atomic E-state index is 10.8. The monoisotopic (exact) mass is 996 g/mol. The zero-order chi connectivity index (χ0) is 45.7. The molecule has 8 aromatic rings. The molecule has 0 fully saturated rings. The number of halogens is 2. The van der Waals surface area contributed by atoms with Crippen LogP contribution in [-0.2, 0) is 36.5 Å². The van der Waals surface area contributed by atoms with Gasteiger partial charge in [0.1, 0.15) is 28.4 Å². The van der Waals surface area contributed by atoms with Crippen molar-refractivity contribution in [2.24, 2.45) is 5.90 Å². The molecule has 21 nitrogen and oxygen atoms in total. The van der Waals surface area contributed by atoms with Gasteiger partial charge in [0.2, 0.25) is 0 Å². The number of hydrogen-bond acceptors (Lipinski definition) is 16. The van der Waals surface area contributed by atoms with Crippen molar-refractivity contribution in [3.8, 4) is 5.75 Å². The maximum Gasteiger partial charge on any atom is 0.394 e. The number of carboxylic acid groups (broad SMARTS) is 3. The number of aromatic nitrogens is 3. The summed E-state index contributed by atoms with van der Waals surface area (Å²) in [6, 6.07) is 30.0. The van der Waals surface area contributed by atoms with Crippen LogP contribution >= 0.6 is 31.9 Å². The van der Waals surface area contributed by atoms with E-state index in [2.05, 4.69) is 53.2 Å². The number of carbonyl (C=O) groups is 3. The summed E-state index contributed by atoms with van der Waals surface area (Å²) in [6.45, 7) is 1.08. The maximum absolute atomic E-state index is 10.8. The number of hydrogen-bond donors (Lipinski definition) is 8. The van der Waals surface area contributed by atoms with Crippen molar-refractivity contribution in [2.75, 3.05) is 0 Å². The van der Waals surface area contributed by atoms with Gasteiger partial charge in [0.05, 0.1) is 17.9 Å². The lowest BCUT2D eigenvalue weighted by atomic mass is 10.2. The number of fused-ring (bicyclic) bond motifs is 4. The largest absolute Gasteiger partial charge is 0.507 e. The molecule has 9 N–H and O–H groups in total. The molecule has 8 rings (SSSR count). The first-order chi connectivity index (χ1) is 28.9. The van der Waals surface area contributed by atoms with Gasteiger partial charge in [-0.3, -0.25) is 23.5 Å². The van der Waals surface area contributed by atoms with Gasteiger partial charge in [-0.15, -0.1) is 0 Å². The van der Waals surface area contributed by atoms with Gasteiger partial charge in [0, 0.05) is 28.4 Å². The average molecular weight is 999 g/mol. The Bertz CT molecular complexity index is 2810. The topological polar surface area (TPSA) is 361 Å². The number of carboxylic acids is 3. The first-order valence-electron chi connectivity index (χ1n) is 16.4. The molecule has 0 spiro atoms. The number of benzene rings is 4. The third-order valence-corrected chi connectivity index (χ3v) is 8.20. The number of nitrogens with zero attached hydrogens (tertiary/aromatic N) is 3. The number of aromatic hydroxyl groups is 1. The molecule has 0 saturated heterocycles. The molecule has 0 radical (unpaired) electrons. The van der Waals surface area contributed by atoms with Gasteiger partial charge in [-0.2, -0.15) is 8.42 Å². The summed E-state index contributed by atoms with van der Waals surface area (Å²) in [4.78, 5) is 40.1. The molecule has 0 bridgehead atoms. The van der Waals surface area contributed by atoms with Gasteiger partial charge in [-0.1, -0.05) is 95.9 Å². The van der Waals surface area contributed by atoms with Crippen LogP contribution in [0.15, 0.2) is 126 Å². The van der Waals surface area contributed by atoms with Crippen molar-refractivity contribution in [1.82, 2.24) is 15.5 Å². The van der Waals surface area contributed by atoms with Gasteiger partial charge in [0.15, 0.2) is 21.6 Å². The van der Waals surface area contributed by atoms with Gasteiger partial charge in [-0.25, -0.2) is 10.7 Å². The Hall–Kier alpha value is -6.54. The highest BCUT2D eigenvalue weighted by Crippen LogP contribution is 2.29. The van der Waals surface area contributed by atoms with E-state index >= 15 is 0 Å². The lowest BCUT2D eigenvalue weighted by molar-refractivity contribution is -0.137. The number of para-hydroxylation sites is 4. The average Bonchev–Trinajstić information content (AvgIpc) is 3.95. The molecule has 4 heterocycles. The van der Waals surface area contributed by atoms with Crippen LogP contribution in [0.25, 0.3) is 43.9 Å². The molecule has 4 aromatic heterocycles. The summed E-state index contributed by atoms with van der Waals surface area (Å²) in [6.07, 6.45) is -0.100. The first-order valence-corrected chi connectivity index (χ1v) is 19.9. The summed E-state index contributed by atoms with van der Waals surface area (Å²) < 4.78 is 51.4. The molecule has 0 aliphatic carbocycles. The summed E-state index contributed by atoms with van der Waals surface area (Å²) in [5.41, 5.74) is 3.76. The van der Waals surface area contributed by atoms with Crippen LogP contribution in [0.4, 0.5) is 0 Å². The zero-order valence-electron chi connectivity index (χ0n) is 31.1. The van der Waals surface area contributed by atoms with Crippen LogP contribution < -0.4 is 11.5 Å². The van der Waals surface area contributed by atoms with E-state index in [1.54, 1.807) is 54.6 Å². The highest BCUT2D eigenvalue weighted by atomic mass is 79.9. The molecule has 4 aromatic carbocycles. The fourth-order valence-electron chi connectivity index (χ4n) is 4.54. The van der Waals surface area contributed by atoms with E-state index in [0.717, 1.165) is 45.8 Å².